The predicted molar refractivity (Wildman–Crippen MR) is 245 cm³/mol. The van der Waals surface area contributed by atoms with Gasteiger partial charge in [-0.15, -0.1) is 0 Å². The van der Waals surface area contributed by atoms with Gasteiger partial charge in [0.1, 0.15) is 0 Å². The molecule has 9 aromatic rings. The van der Waals surface area contributed by atoms with E-state index in [1.165, 1.54) is 0 Å². The minimum atomic E-state index is -0.761. The lowest BCUT2D eigenvalue weighted by atomic mass is 10.0. The van der Waals surface area contributed by atoms with Gasteiger partial charge in [0.05, 0.1) is 46.2 Å². The Morgan fingerprint density at radius 1 is 0.300 bits per heavy atom. The number of aromatic nitrogens is 3. The van der Waals surface area contributed by atoms with Gasteiger partial charge in [0.2, 0.25) is 0 Å². The Morgan fingerprint density at radius 2 is 0.633 bits per heavy atom. The molecule has 4 heterocycles. The van der Waals surface area contributed by atoms with Crippen molar-refractivity contribution in [1.82, 2.24) is 15.0 Å². The van der Waals surface area contributed by atoms with E-state index in [0.29, 0.717) is 28.8 Å². The smallest absolute Gasteiger partial charge is 0.0997 e. The summed E-state index contributed by atoms with van der Waals surface area (Å²) >= 11 is 0. The van der Waals surface area contributed by atoms with Gasteiger partial charge in [0.15, 0.2) is 0 Å². The first-order valence-corrected chi connectivity index (χ1v) is 20.0. The zero-order chi connectivity index (χ0) is 40.1. The van der Waals surface area contributed by atoms with E-state index >= 15 is 0 Å². The topological polar surface area (TPSA) is 77.5 Å². The molecule has 6 aromatic carbocycles. The summed E-state index contributed by atoms with van der Waals surface area (Å²) in [5.74, 6) is 0.891. The molecule has 3 aromatic heterocycles. The Balaban J connectivity index is 1.19. The van der Waals surface area contributed by atoms with E-state index in [9.17, 15) is 0 Å². The van der Waals surface area contributed by atoms with E-state index in [1.54, 1.807) is 0 Å². The summed E-state index contributed by atoms with van der Waals surface area (Å²) in [5.41, 5.74) is 13.6. The van der Waals surface area contributed by atoms with Crippen molar-refractivity contribution in [3.05, 3.63) is 241 Å². The number of rotatable bonds is 9. The van der Waals surface area contributed by atoms with Gasteiger partial charge in [-0.1, -0.05) is 182 Å². The molecule has 1 atom stereocenters. The van der Waals surface area contributed by atoms with Crippen molar-refractivity contribution in [3.63, 3.8) is 0 Å². The van der Waals surface area contributed by atoms with Crippen LogP contribution in [0.1, 0.15) is 23.2 Å². The first-order chi connectivity index (χ1) is 29.7. The summed E-state index contributed by atoms with van der Waals surface area (Å²) in [4.78, 5) is 26.3. The molecule has 0 amide bonds. The number of pyridine rings is 3. The third-order valence-corrected chi connectivity index (χ3v) is 10.4. The monoisotopic (exact) mass is 769 g/mol. The van der Waals surface area contributed by atoms with Crippen molar-refractivity contribution < 1.29 is 0 Å². The van der Waals surface area contributed by atoms with Gasteiger partial charge in [-0.2, -0.15) is 0 Å². The van der Waals surface area contributed by atoms with Gasteiger partial charge in [0.25, 0.3) is 0 Å². The van der Waals surface area contributed by atoms with Crippen LogP contribution in [-0.2, 0) is 0 Å². The molecule has 6 heteroatoms. The van der Waals surface area contributed by atoms with Gasteiger partial charge in [0, 0.05) is 16.7 Å². The number of aliphatic imine (C=N–C) groups is 2. The highest BCUT2D eigenvalue weighted by Crippen LogP contribution is 2.37. The molecule has 0 bridgehead atoms. The fourth-order valence-corrected chi connectivity index (χ4v) is 7.43. The number of benzene rings is 6. The van der Waals surface area contributed by atoms with Crippen LogP contribution in [0.3, 0.4) is 0 Å². The Morgan fingerprint density at radius 3 is 1.07 bits per heavy atom. The first-order valence-electron chi connectivity index (χ1n) is 20.0. The molecule has 0 fully saturated rings. The third kappa shape index (κ3) is 7.78. The summed E-state index contributed by atoms with van der Waals surface area (Å²) in [5, 5.41) is 5.31. The third-order valence-electron chi connectivity index (χ3n) is 10.4. The SMILES string of the molecule is c1ccc(-c2cc(C3=NC(c4cc(-c5ccccc5)cc(-c5ccccc5)n4)[N-]C(c4cc(-c5ccccc5)cc(-c5ccccc5)n4)=N3)nc(-c3ccccc3)c2)cc1. The van der Waals surface area contributed by atoms with Crippen molar-refractivity contribution in [1.29, 1.82) is 0 Å². The maximum atomic E-state index is 5.31. The van der Waals surface area contributed by atoms with Crippen molar-refractivity contribution in [2.75, 3.05) is 0 Å². The summed E-state index contributed by atoms with van der Waals surface area (Å²) in [6, 6.07) is 74.3. The highest BCUT2D eigenvalue weighted by molar-refractivity contribution is 6.18. The minimum Gasteiger partial charge on any atom is -0.436 e. The summed E-state index contributed by atoms with van der Waals surface area (Å²) < 4.78 is 0. The molecule has 1 unspecified atom stereocenters. The number of hydrogen-bond acceptors (Lipinski definition) is 5. The highest BCUT2D eigenvalue weighted by Gasteiger charge is 2.20. The Labute approximate surface area is 349 Å². The van der Waals surface area contributed by atoms with Crippen LogP contribution in [0.15, 0.2) is 228 Å². The summed E-state index contributed by atoms with van der Waals surface area (Å²) in [6.07, 6.45) is -0.761. The molecular formula is C54H37N6-. The van der Waals surface area contributed by atoms with Crippen LogP contribution >= 0.6 is 0 Å². The molecule has 6 nitrogen and oxygen atoms in total. The maximum Gasteiger partial charge on any atom is 0.0997 e. The van der Waals surface area contributed by atoms with E-state index in [4.69, 9.17) is 30.3 Å². The molecule has 0 aliphatic carbocycles. The molecule has 1 aliphatic heterocycles. The first kappa shape index (κ1) is 36.3. The Kier molecular flexibility index (Phi) is 9.92. The molecule has 1 aliphatic rings. The lowest BCUT2D eigenvalue weighted by Crippen LogP contribution is -2.19. The van der Waals surface area contributed by atoms with Crippen molar-refractivity contribution in [3.8, 4) is 67.2 Å². The lowest BCUT2D eigenvalue weighted by Gasteiger charge is -2.32. The van der Waals surface area contributed by atoms with Crippen LogP contribution in [0.25, 0.3) is 72.5 Å². The fourth-order valence-electron chi connectivity index (χ4n) is 7.43. The molecule has 284 valence electrons. The quantitative estimate of drug-likeness (QED) is 0.147. The highest BCUT2D eigenvalue weighted by atomic mass is 15.2. The zero-order valence-corrected chi connectivity index (χ0v) is 32.5. The van der Waals surface area contributed by atoms with E-state index in [1.807, 2.05) is 97.1 Å². The van der Waals surface area contributed by atoms with Crippen LogP contribution in [0.2, 0.25) is 0 Å². The van der Waals surface area contributed by atoms with Gasteiger partial charge >= 0.3 is 0 Å². The lowest BCUT2D eigenvalue weighted by molar-refractivity contribution is 0.835. The summed E-state index contributed by atoms with van der Waals surface area (Å²) in [6.45, 7) is 0. The van der Waals surface area contributed by atoms with E-state index < -0.39 is 6.17 Å². The van der Waals surface area contributed by atoms with Gasteiger partial charge in [-0.25, -0.2) is 9.97 Å². The maximum absolute atomic E-state index is 5.31. The second-order valence-electron chi connectivity index (χ2n) is 14.5. The second kappa shape index (κ2) is 16.4. The number of nitrogens with zero attached hydrogens (tertiary/aromatic N) is 6. The molecule has 0 spiro atoms. The molecular weight excluding hydrogens is 733 g/mol. The molecule has 60 heavy (non-hydrogen) atoms. The molecule has 0 N–H and O–H groups in total. The van der Waals surface area contributed by atoms with Crippen LogP contribution in [0.4, 0.5) is 0 Å². The van der Waals surface area contributed by atoms with E-state index in [2.05, 4.69) is 121 Å². The average molecular weight is 770 g/mol. The van der Waals surface area contributed by atoms with Gasteiger partial charge in [-0.3, -0.25) is 9.98 Å². The number of hydrogen-bond donors (Lipinski definition) is 0. The zero-order valence-electron chi connectivity index (χ0n) is 32.5. The summed E-state index contributed by atoms with van der Waals surface area (Å²) in [7, 11) is 0. The normalized spacial score (nSPS) is 13.5. The molecule has 0 saturated heterocycles. The molecule has 0 radical (unpaired) electrons. The van der Waals surface area contributed by atoms with Crippen LogP contribution in [0.5, 0.6) is 0 Å². The van der Waals surface area contributed by atoms with E-state index in [0.717, 1.165) is 67.2 Å². The standard InChI is InChI=1S/C54H37N6/c1-7-19-37(20-8-1)43-31-46(40-25-13-4-14-26-40)55-49(34-43)52-58-53(50-35-44(38-21-9-2-10-22-38)32-47(56-50)41-27-15-5-16-28-41)60-54(59-52)51-36-45(39-23-11-3-12-24-39)33-48(57-51)42-29-17-6-18-30-42/h1-36,52H/q-1. The van der Waals surface area contributed by atoms with Crippen molar-refractivity contribution in [2.45, 2.75) is 6.17 Å². The largest absolute Gasteiger partial charge is 0.436 e. The Bertz CT molecular complexity index is 2800. The molecule has 10 rings (SSSR count). The van der Waals surface area contributed by atoms with Crippen LogP contribution in [0, 0.1) is 0 Å². The second-order valence-corrected chi connectivity index (χ2v) is 14.5. The average Bonchev–Trinajstić information content (AvgIpc) is 3.35. The van der Waals surface area contributed by atoms with Gasteiger partial charge < -0.3 is 10.3 Å². The fraction of sp³-hybridized carbons (Fsp3) is 0.0185. The predicted octanol–water partition coefficient (Wildman–Crippen LogP) is 13.2. The van der Waals surface area contributed by atoms with E-state index in [-0.39, 0.29) is 0 Å². The molecule has 0 saturated carbocycles. The minimum absolute atomic E-state index is 0.446. The van der Waals surface area contributed by atoms with Crippen LogP contribution < -0.4 is 0 Å². The Hall–Kier alpha value is -8.09. The van der Waals surface area contributed by atoms with Crippen molar-refractivity contribution in [2.24, 2.45) is 9.98 Å². The number of amidine groups is 2. The van der Waals surface area contributed by atoms with Crippen LogP contribution in [-0.4, -0.2) is 26.6 Å². The van der Waals surface area contributed by atoms with Gasteiger partial charge in [-0.05, 0) is 75.6 Å². The van der Waals surface area contributed by atoms with Crippen molar-refractivity contribution >= 4 is 11.7 Å².